The molecule has 1 fully saturated rings. The molecule has 3 heterocycles. The number of likely N-dealkylation sites (tertiary alicyclic amines) is 1. The summed E-state index contributed by atoms with van der Waals surface area (Å²) in [7, 11) is 0. The normalized spacial score (nSPS) is 18.8. The first kappa shape index (κ1) is 15.5. The molecule has 1 saturated heterocycles. The number of aromatic nitrogens is 2. The van der Waals surface area contributed by atoms with E-state index in [9.17, 15) is 19.8 Å². The maximum absolute atomic E-state index is 11.4. The Morgan fingerprint density at radius 1 is 1.26 bits per heavy atom. The summed E-state index contributed by atoms with van der Waals surface area (Å²) >= 11 is 0. The molecular weight excluding hydrogens is 298 g/mol. The molecule has 0 saturated carbocycles. The number of hydrogen-bond donors (Lipinski definition) is 2. The van der Waals surface area contributed by atoms with Crippen LogP contribution < -0.4 is 0 Å². The van der Waals surface area contributed by atoms with Crippen LogP contribution in [0.3, 0.4) is 0 Å². The van der Waals surface area contributed by atoms with Gasteiger partial charge in [0.25, 0.3) is 0 Å². The first-order valence-corrected chi connectivity index (χ1v) is 7.61. The van der Waals surface area contributed by atoms with Crippen molar-refractivity contribution in [3.63, 3.8) is 0 Å². The largest absolute Gasteiger partial charge is 0.478 e. The minimum atomic E-state index is -1.10. The topological polar surface area (TPSA) is 95.1 Å². The summed E-state index contributed by atoms with van der Waals surface area (Å²) in [6.07, 6.45) is 2.35. The smallest absolute Gasteiger partial charge is 0.356 e. The zero-order chi connectivity index (χ0) is 16.7. The average molecular weight is 317 g/mol. The standard InChI is InChI=1S/C16H19N3O4/c1-9(2)18-6-5-10(7-18)14-17-13(16(22)23)12-4-3-11(15(20)21)8-19(12)14/h3-4,8-10H,5-7H2,1-2H3,(H,20,21)(H,22,23). The molecule has 2 aromatic heterocycles. The molecule has 23 heavy (non-hydrogen) atoms. The Labute approximate surface area is 133 Å². The molecule has 0 radical (unpaired) electrons. The molecule has 0 aromatic carbocycles. The van der Waals surface area contributed by atoms with E-state index in [2.05, 4.69) is 23.7 Å². The van der Waals surface area contributed by atoms with Gasteiger partial charge in [-0.15, -0.1) is 0 Å². The lowest BCUT2D eigenvalue weighted by atomic mass is 10.1. The SMILES string of the molecule is CC(C)N1CCC(c2nc(C(=O)O)c3ccc(C(=O)O)cn23)C1. The van der Waals surface area contributed by atoms with E-state index in [0.29, 0.717) is 17.4 Å². The van der Waals surface area contributed by atoms with Crippen LogP contribution >= 0.6 is 0 Å². The van der Waals surface area contributed by atoms with E-state index >= 15 is 0 Å². The number of carbonyl (C=O) groups is 2. The summed E-state index contributed by atoms with van der Waals surface area (Å²) in [5.74, 6) is -1.42. The lowest BCUT2D eigenvalue weighted by Crippen LogP contribution is -2.28. The van der Waals surface area contributed by atoms with Gasteiger partial charge in [-0.05, 0) is 38.9 Å². The average Bonchev–Trinajstić information content (AvgIpc) is 3.10. The van der Waals surface area contributed by atoms with Crippen LogP contribution in [0.25, 0.3) is 5.52 Å². The number of nitrogens with zero attached hydrogens (tertiary/aromatic N) is 3. The molecule has 3 rings (SSSR count). The molecule has 7 nitrogen and oxygen atoms in total. The number of carboxylic acid groups (broad SMARTS) is 2. The number of pyridine rings is 1. The molecule has 7 heteroatoms. The van der Waals surface area contributed by atoms with E-state index in [1.165, 1.54) is 18.3 Å². The van der Waals surface area contributed by atoms with Gasteiger partial charge in [-0.25, -0.2) is 14.6 Å². The van der Waals surface area contributed by atoms with Crippen molar-refractivity contribution >= 4 is 17.5 Å². The molecule has 1 aliphatic heterocycles. The predicted octanol–water partition coefficient (Wildman–Crippen LogP) is 1.93. The number of rotatable bonds is 4. The number of aromatic carboxylic acids is 2. The van der Waals surface area contributed by atoms with Crippen LogP contribution in [-0.2, 0) is 0 Å². The zero-order valence-corrected chi connectivity index (χ0v) is 13.1. The third-order valence-corrected chi connectivity index (χ3v) is 4.43. The minimum absolute atomic E-state index is 0.0278. The van der Waals surface area contributed by atoms with Gasteiger partial charge < -0.3 is 19.5 Å². The van der Waals surface area contributed by atoms with Crippen LogP contribution in [0.15, 0.2) is 18.3 Å². The Hall–Kier alpha value is -2.41. The zero-order valence-electron chi connectivity index (χ0n) is 13.1. The first-order chi connectivity index (χ1) is 10.9. The highest BCUT2D eigenvalue weighted by molar-refractivity contribution is 5.95. The van der Waals surface area contributed by atoms with Crippen LogP contribution in [-0.4, -0.2) is 55.6 Å². The molecule has 0 spiro atoms. The van der Waals surface area contributed by atoms with Gasteiger partial charge in [0.05, 0.1) is 11.1 Å². The summed E-state index contributed by atoms with van der Waals surface area (Å²) in [4.78, 5) is 29.3. The highest BCUT2D eigenvalue weighted by atomic mass is 16.4. The fourth-order valence-electron chi connectivity index (χ4n) is 3.15. The van der Waals surface area contributed by atoms with Gasteiger partial charge in [-0.3, -0.25) is 0 Å². The van der Waals surface area contributed by atoms with Gasteiger partial charge in [-0.1, -0.05) is 0 Å². The highest BCUT2D eigenvalue weighted by Gasteiger charge is 2.30. The van der Waals surface area contributed by atoms with Gasteiger partial charge in [0, 0.05) is 24.7 Å². The molecule has 1 unspecified atom stereocenters. The summed E-state index contributed by atoms with van der Waals surface area (Å²) < 4.78 is 1.63. The van der Waals surface area contributed by atoms with Crippen molar-refractivity contribution in [1.29, 1.82) is 0 Å². The van der Waals surface area contributed by atoms with Gasteiger partial charge in [0.15, 0.2) is 5.69 Å². The maximum Gasteiger partial charge on any atom is 0.356 e. The summed E-state index contributed by atoms with van der Waals surface area (Å²) in [6, 6.07) is 3.34. The number of carboxylic acids is 2. The molecule has 0 aliphatic carbocycles. The van der Waals surface area contributed by atoms with Crippen molar-refractivity contribution < 1.29 is 19.8 Å². The third kappa shape index (κ3) is 2.68. The Balaban J connectivity index is 2.10. The summed E-state index contributed by atoms with van der Waals surface area (Å²) in [6.45, 7) is 5.97. The molecule has 2 aromatic rings. The number of hydrogen-bond acceptors (Lipinski definition) is 4. The monoisotopic (exact) mass is 317 g/mol. The Kier molecular flexibility index (Phi) is 3.81. The Morgan fingerprint density at radius 3 is 2.57 bits per heavy atom. The number of imidazole rings is 1. The van der Waals surface area contributed by atoms with Crippen LogP contribution in [0.4, 0.5) is 0 Å². The molecule has 122 valence electrons. The van der Waals surface area contributed by atoms with Crippen LogP contribution in [0, 0.1) is 0 Å². The quantitative estimate of drug-likeness (QED) is 0.894. The predicted molar refractivity (Wildman–Crippen MR) is 83.2 cm³/mol. The molecule has 1 aliphatic rings. The van der Waals surface area contributed by atoms with Crippen molar-refractivity contribution in [3.05, 3.63) is 35.4 Å². The van der Waals surface area contributed by atoms with E-state index in [-0.39, 0.29) is 17.2 Å². The van der Waals surface area contributed by atoms with Gasteiger partial charge in [0.2, 0.25) is 0 Å². The second kappa shape index (κ2) is 5.66. The molecule has 1 atom stereocenters. The van der Waals surface area contributed by atoms with Crippen molar-refractivity contribution in [2.45, 2.75) is 32.2 Å². The molecule has 0 bridgehead atoms. The number of fused-ring (bicyclic) bond motifs is 1. The lowest BCUT2D eigenvalue weighted by molar-refractivity contribution is 0.0684. The highest BCUT2D eigenvalue weighted by Crippen LogP contribution is 2.29. The Morgan fingerprint density at radius 2 is 2.00 bits per heavy atom. The Bertz CT molecular complexity index is 781. The van der Waals surface area contributed by atoms with Crippen molar-refractivity contribution in [2.75, 3.05) is 13.1 Å². The molecular formula is C16H19N3O4. The second-order valence-corrected chi connectivity index (χ2v) is 6.18. The van der Waals surface area contributed by atoms with Crippen LogP contribution in [0.1, 0.15) is 52.9 Å². The van der Waals surface area contributed by atoms with Crippen LogP contribution in [0.2, 0.25) is 0 Å². The molecule has 0 amide bonds. The lowest BCUT2D eigenvalue weighted by Gasteiger charge is -2.19. The van der Waals surface area contributed by atoms with Gasteiger partial charge in [-0.2, -0.15) is 0 Å². The molecule has 2 N–H and O–H groups in total. The van der Waals surface area contributed by atoms with E-state index in [4.69, 9.17) is 0 Å². The second-order valence-electron chi connectivity index (χ2n) is 6.18. The van der Waals surface area contributed by atoms with Gasteiger partial charge >= 0.3 is 11.9 Å². The maximum atomic E-state index is 11.4. The fraction of sp³-hybridized carbons (Fsp3) is 0.438. The van der Waals surface area contributed by atoms with E-state index in [0.717, 1.165) is 19.5 Å². The first-order valence-electron chi connectivity index (χ1n) is 7.61. The minimum Gasteiger partial charge on any atom is -0.478 e. The van der Waals surface area contributed by atoms with Crippen molar-refractivity contribution in [1.82, 2.24) is 14.3 Å². The summed E-state index contributed by atoms with van der Waals surface area (Å²) in [5.41, 5.74) is 0.521. The third-order valence-electron chi connectivity index (χ3n) is 4.43. The van der Waals surface area contributed by atoms with E-state index in [1.54, 1.807) is 4.40 Å². The van der Waals surface area contributed by atoms with E-state index in [1.807, 2.05) is 0 Å². The van der Waals surface area contributed by atoms with Gasteiger partial charge in [0.1, 0.15) is 5.82 Å². The fourth-order valence-corrected chi connectivity index (χ4v) is 3.15. The van der Waals surface area contributed by atoms with Crippen molar-refractivity contribution in [3.8, 4) is 0 Å². The van der Waals surface area contributed by atoms with Crippen LogP contribution in [0.5, 0.6) is 0 Å². The summed E-state index contributed by atoms with van der Waals surface area (Å²) in [5, 5.41) is 18.5. The van der Waals surface area contributed by atoms with Crippen molar-refractivity contribution in [2.24, 2.45) is 0 Å². The van der Waals surface area contributed by atoms with E-state index < -0.39 is 11.9 Å².